The Morgan fingerprint density at radius 1 is 1.07 bits per heavy atom. The number of carbonyl (C=O) groups is 1. The number of ether oxygens (including phenoxy) is 3. The summed E-state index contributed by atoms with van der Waals surface area (Å²) in [6.07, 6.45) is 12.7. The number of likely N-dealkylation sites (tertiary alicyclic amines) is 2. The van der Waals surface area contributed by atoms with Crippen LogP contribution in [0.5, 0.6) is 17.6 Å². The molecule has 2 aromatic heterocycles. The lowest BCUT2D eigenvalue weighted by Crippen LogP contribution is -2.57. The normalized spacial score (nSPS) is 24.9. The third-order valence-corrected chi connectivity index (χ3v) is 12.3. The number of nitrogens with zero attached hydrogens (tertiary/aromatic N) is 6. The summed E-state index contributed by atoms with van der Waals surface area (Å²) in [5.41, 5.74) is -1.88. The molecule has 4 aromatic rings. The smallest absolute Gasteiger partial charge is 0.319 e. The molecule has 1 aliphatic carbocycles. The highest BCUT2D eigenvalue weighted by atomic mass is 19.1. The molecule has 2 N–H and O–H groups in total. The Morgan fingerprint density at radius 2 is 1.86 bits per heavy atom. The molecule has 5 heterocycles. The predicted molar refractivity (Wildman–Crippen MR) is 207 cm³/mol. The van der Waals surface area contributed by atoms with E-state index in [-0.39, 0.29) is 87.6 Å². The monoisotopic (exact) mass is 770 g/mol. The van der Waals surface area contributed by atoms with Gasteiger partial charge in [-0.2, -0.15) is 9.97 Å². The molecule has 1 amide bonds. The first kappa shape index (κ1) is 38.1. The average molecular weight is 771 g/mol. The van der Waals surface area contributed by atoms with Crippen molar-refractivity contribution < 1.29 is 38.0 Å². The minimum Gasteiger partial charge on any atom is -0.508 e. The van der Waals surface area contributed by atoms with E-state index in [0.717, 1.165) is 64.6 Å². The molecular formula is C42H48F2N6O6. The number of hydrogen-bond acceptors (Lipinski definition) is 11. The Morgan fingerprint density at radius 3 is 2.61 bits per heavy atom. The maximum atomic E-state index is 17.4. The number of aliphatic hydroxyl groups is 1. The van der Waals surface area contributed by atoms with Crippen LogP contribution in [0.2, 0.25) is 0 Å². The van der Waals surface area contributed by atoms with Crippen LogP contribution >= 0.6 is 0 Å². The Hall–Kier alpha value is -4.84. The Bertz CT molecular complexity index is 2220. The van der Waals surface area contributed by atoms with E-state index in [1.165, 1.54) is 31.4 Å². The summed E-state index contributed by atoms with van der Waals surface area (Å²) in [5, 5.41) is 22.7. The zero-order valence-electron chi connectivity index (χ0n) is 32.1. The van der Waals surface area contributed by atoms with Gasteiger partial charge in [-0.3, -0.25) is 9.69 Å². The quantitative estimate of drug-likeness (QED) is 0.233. The molecule has 0 unspecified atom stereocenters. The van der Waals surface area contributed by atoms with Crippen LogP contribution in [0.4, 0.5) is 14.6 Å². The largest absolute Gasteiger partial charge is 0.508 e. The molecule has 4 fully saturated rings. The van der Waals surface area contributed by atoms with Crippen molar-refractivity contribution >= 4 is 33.4 Å². The maximum Gasteiger partial charge on any atom is 0.319 e. The molecular weight excluding hydrogens is 722 g/mol. The predicted octanol–water partition coefficient (Wildman–Crippen LogP) is 5.43. The Labute approximate surface area is 324 Å². The van der Waals surface area contributed by atoms with Crippen LogP contribution in [0.3, 0.4) is 0 Å². The van der Waals surface area contributed by atoms with E-state index in [9.17, 15) is 15.0 Å². The molecule has 14 heteroatoms. The number of rotatable bonds is 7. The number of phenols is 1. The average Bonchev–Trinajstić information content (AvgIpc) is 3.54. The second-order valence-electron chi connectivity index (χ2n) is 16.1. The van der Waals surface area contributed by atoms with Crippen molar-refractivity contribution in [2.75, 3.05) is 64.6 Å². The molecule has 2 aromatic carbocycles. The van der Waals surface area contributed by atoms with E-state index in [1.54, 1.807) is 18.7 Å². The first-order chi connectivity index (χ1) is 26.9. The van der Waals surface area contributed by atoms with Crippen molar-refractivity contribution in [2.24, 2.45) is 5.41 Å². The molecule has 12 nitrogen and oxygen atoms in total. The van der Waals surface area contributed by atoms with E-state index in [2.05, 4.69) is 15.8 Å². The van der Waals surface area contributed by atoms with E-state index < -0.39 is 17.2 Å². The number of methoxy groups -OCH3 is 1. The number of aromatic hydroxyl groups is 1. The molecule has 1 saturated carbocycles. The van der Waals surface area contributed by atoms with Crippen LogP contribution in [-0.4, -0.2) is 118 Å². The number of hydrogen-bond donors (Lipinski definition) is 2. The summed E-state index contributed by atoms with van der Waals surface area (Å²) in [5.74, 6) is 0.986. The molecule has 0 radical (unpaired) electrons. The van der Waals surface area contributed by atoms with Gasteiger partial charge < -0.3 is 34.2 Å². The molecule has 8 rings (SSSR count). The van der Waals surface area contributed by atoms with Gasteiger partial charge in [-0.25, -0.2) is 13.8 Å². The lowest BCUT2D eigenvalue weighted by Gasteiger charge is -2.50. The van der Waals surface area contributed by atoms with Crippen molar-refractivity contribution in [3.8, 4) is 41.2 Å². The van der Waals surface area contributed by atoms with Crippen molar-refractivity contribution in [3.63, 3.8) is 0 Å². The van der Waals surface area contributed by atoms with Gasteiger partial charge in [-0.05, 0) is 75.6 Å². The fraction of sp³-hybridized carbons (Fsp3) is 0.524. The van der Waals surface area contributed by atoms with Crippen LogP contribution < -0.4 is 14.4 Å². The number of phenolic OH excluding ortho intramolecular Hbond substituents is 1. The van der Waals surface area contributed by atoms with E-state index in [0.29, 0.717) is 30.6 Å². The zero-order chi connectivity index (χ0) is 39.4. The van der Waals surface area contributed by atoms with Crippen LogP contribution in [0, 0.1) is 29.4 Å². The van der Waals surface area contributed by atoms with Gasteiger partial charge in [0.2, 0.25) is 11.8 Å². The number of halogens is 2. The lowest BCUT2D eigenvalue weighted by atomic mass is 9.74. The molecule has 296 valence electrons. The third kappa shape index (κ3) is 6.83. The summed E-state index contributed by atoms with van der Waals surface area (Å²) in [4.78, 5) is 32.6. The molecule has 3 aliphatic heterocycles. The van der Waals surface area contributed by atoms with Gasteiger partial charge in [0.25, 0.3) is 0 Å². The van der Waals surface area contributed by atoms with Crippen LogP contribution in [0.1, 0.15) is 64.4 Å². The van der Waals surface area contributed by atoms with Crippen molar-refractivity contribution in [1.82, 2.24) is 24.8 Å². The first-order valence-electron chi connectivity index (χ1n) is 19.5. The maximum absolute atomic E-state index is 17.4. The Balaban J connectivity index is 1.23. The topological polar surface area (TPSA) is 134 Å². The van der Waals surface area contributed by atoms with Gasteiger partial charge in [-0.15, -0.1) is 6.42 Å². The fourth-order valence-corrected chi connectivity index (χ4v) is 9.76. The second kappa shape index (κ2) is 14.9. The number of pyridine rings is 1. The van der Waals surface area contributed by atoms with Gasteiger partial charge >= 0.3 is 6.01 Å². The van der Waals surface area contributed by atoms with E-state index in [4.69, 9.17) is 30.6 Å². The first-order valence-corrected chi connectivity index (χ1v) is 19.5. The van der Waals surface area contributed by atoms with Gasteiger partial charge in [0.15, 0.2) is 5.82 Å². The van der Waals surface area contributed by atoms with Gasteiger partial charge in [0, 0.05) is 55.0 Å². The highest BCUT2D eigenvalue weighted by Crippen LogP contribution is 2.50. The van der Waals surface area contributed by atoms with Crippen LogP contribution in [-0.2, 0) is 9.53 Å². The van der Waals surface area contributed by atoms with Gasteiger partial charge in [0.1, 0.15) is 39.6 Å². The molecule has 3 saturated heterocycles. The SMILES string of the molecule is C#Cc1c(F)ccc2cc(O)cc(-c3nc(OC)c4c(N5CCOC[C@@](C)(O)C5)nc(OC[C@]56CCC[C@H]5N(C5CCN(C(C)=O)CC5)CCC6)nc4c3F)c12. The van der Waals surface area contributed by atoms with Crippen LogP contribution in [0.15, 0.2) is 24.3 Å². The highest BCUT2D eigenvalue weighted by molar-refractivity contribution is 6.04. The number of terminal acetylenes is 1. The molecule has 4 aliphatic rings. The van der Waals surface area contributed by atoms with E-state index >= 15 is 8.78 Å². The highest BCUT2D eigenvalue weighted by Gasteiger charge is 2.50. The van der Waals surface area contributed by atoms with Crippen LogP contribution in [0.25, 0.3) is 32.9 Å². The van der Waals surface area contributed by atoms with Gasteiger partial charge in [0.05, 0.1) is 39.0 Å². The fourth-order valence-electron chi connectivity index (χ4n) is 9.76. The number of piperidine rings is 2. The number of anilines is 1. The second-order valence-corrected chi connectivity index (χ2v) is 16.1. The zero-order valence-corrected chi connectivity index (χ0v) is 32.1. The van der Waals surface area contributed by atoms with Crippen molar-refractivity contribution in [3.05, 3.63) is 41.5 Å². The van der Waals surface area contributed by atoms with E-state index in [1.807, 2.05) is 4.90 Å². The van der Waals surface area contributed by atoms with Crippen molar-refractivity contribution in [1.29, 1.82) is 0 Å². The number of β-amino-alcohol motifs (C(OH)–C–C–N with tert-alkyl or cyclic N) is 1. The summed E-state index contributed by atoms with van der Waals surface area (Å²) in [6, 6.07) is 6.01. The molecule has 0 spiro atoms. The molecule has 0 bridgehead atoms. The number of benzene rings is 2. The number of fused-ring (bicyclic) bond motifs is 3. The third-order valence-electron chi connectivity index (χ3n) is 12.3. The number of aromatic nitrogens is 3. The van der Waals surface area contributed by atoms with Gasteiger partial charge in [-0.1, -0.05) is 18.4 Å². The minimum absolute atomic E-state index is 0.0221. The summed E-state index contributed by atoms with van der Waals surface area (Å²) in [7, 11) is 1.39. The van der Waals surface area contributed by atoms with Crippen molar-refractivity contribution in [2.45, 2.75) is 76.5 Å². The summed E-state index contributed by atoms with van der Waals surface area (Å²) >= 11 is 0. The Kier molecular flexibility index (Phi) is 10.1. The standard InChI is InChI=1S/C42H48F2N6O6/c1-5-29-31(43)10-9-26-20-28(52)21-30(33(26)29)36-35(44)37-34(39(45-36)54-4)38(49-18-19-55-23-41(3,53)22-49)47-40(46-37)56-24-42-13-6-8-32(42)50(15-7-14-42)27-11-16-48(17-12-27)25(2)51/h1,9-10,20-21,27,32,52-53H,6-8,11-19,22-24H2,2-4H3/t32-,41+,42-/m1/s1. The minimum atomic E-state index is -1.26. The lowest BCUT2D eigenvalue weighted by molar-refractivity contribution is -0.131. The number of carbonyl (C=O) groups excluding carboxylic acids is 1. The molecule has 56 heavy (non-hydrogen) atoms. The molecule has 3 atom stereocenters. The summed E-state index contributed by atoms with van der Waals surface area (Å²) in [6.45, 7) is 6.94. The summed E-state index contributed by atoms with van der Waals surface area (Å²) < 4.78 is 50.6. The number of amides is 1.